The molecule has 1 fully saturated rings. The molecule has 0 aromatic carbocycles. The van der Waals surface area contributed by atoms with E-state index in [-0.39, 0.29) is 23.3 Å². The standard InChI is InChI=1S/C20H21N5O2S2/c1-13-4-5-15(29-13)19(27)24-8-6-20(11-24)7-9-25-17(21-12-22-25)16(20)23-18(26)14-3-2-10-28-14/h2-5,10,12,16H,6-9,11H2,1H3,(H,23,26)/t16-,20-/m1/s1. The first-order valence-electron chi connectivity index (χ1n) is 9.63. The van der Waals surface area contributed by atoms with Crippen molar-refractivity contribution in [3.05, 3.63) is 56.4 Å². The molecule has 0 unspecified atom stereocenters. The van der Waals surface area contributed by atoms with E-state index < -0.39 is 0 Å². The minimum absolute atomic E-state index is 0.0790. The smallest absolute Gasteiger partial charge is 0.263 e. The van der Waals surface area contributed by atoms with Crippen LogP contribution < -0.4 is 5.32 Å². The number of hydrogen-bond acceptors (Lipinski definition) is 6. The molecule has 0 aliphatic carbocycles. The van der Waals surface area contributed by atoms with Crippen LogP contribution >= 0.6 is 22.7 Å². The lowest BCUT2D eigenvalue weighted by Crippen LogP contribution is -2.47. The lowest BCUT2D eigenvalue weighted by atomic mass is 9.74. The number of aromatic nitrogens is 3. The highest BCUT2D eigenvalue weighted by Crippen LogP contribution is 2.48. The Hall–Kier alpha value is -2.52. The summed E-state index contributed by atoms with van der Waals surface area (Å²) in [5.74, 6) is 0.761. The first-order valence-corrected chi connectivity index (χ1v) is 11.3. The highest BCUT2D eigenvalue weighted by atomic mass is 32.1. The van der Waals surface area contributed by atoms with E-state index >= 15 is 0 Å². The van der Waals surface area contributed by atoms with Gasteiger partial charge < -0.3 is 10.2 Å². The van der Waals surface area contributed by atoms with Gasteiger partial charge in [0.05, 0.1) is 15.8 Å². The SMILES string of the molecule is Cc1ccc(C(=O)N2CC[C@@]3(CCn4ncnc4[C@H]3NC(=O)c3cccs3)C2)s1. The fraction of sp³-hybridized carbons (Fsp3) is 0.400. The summed E-state index contributed by atoms with van der Waals surface area (Å²) in [4.78, 5) is 34.8. The Balaban J connectivity index is 1.43. The second kappa shape index (κ2) is 7.07. The quantitative estimate of drug-likeness (QED) is 0.696. The van der Waals surface area contributed by atoms with Gasteiger partial charge in [-0.05, 0) is 43.3 Å². The highest BCUT2D eigenvalue weighted by molar-refractivity contribution is 7.14. The van der Waals surface area contributed by atoms with Crippen molar-refractivity contribution in [3.8, 4) is 0 Å². The van der Waals surface area contributed by atoms with Crippen molar-refractivity contribution < 1.29 is 9.59 Å². The van der Waals surface area contributed by atoms with E-state index in [1.165, 1.54) is 22.7 Å². The van der Waals surface area contributed by atoms with Gasteiger partial charge in [-0.15, -0.1) is 22.7 Å². The number of carbonyl (C=O) groups excluding carboxylic acids is 2. The van der Waals surface area contributed by atoms with Crippen molar-refractivity contribution in [1.82, 2.24) is 25.0 Å². The van der Waals surface area contributed by atoms with Crippen LogP contribution in [0.15, 0.2) is 36.0 Å². The minimum atomic E-state index is -0.267. The summed E-state index contributed by atoms with van der Waals surface area (Å²) in [6, 6.07) is 7.32. The minimum Gasteiger partial charge on any atom is -0.341 e. The molecule has 3 aromatic heterocycles. The van der Waals surface area contributed by atoms with Gasteiger partial charge in [-0.3, -0.25) is 9.59 Å². The average Bonchev–Trinajstić information content (AvgIpc) is 3.51. The maximum atomic E-state index is 13.0. The summed E-state index contributed by atoms with van der Waals surface area (Å²) in [5, 5.41) is 9.42. The molecule has 2 aliphatic heterocycles. The summed E-state index contributed by atoms with van der Waals surface area (Å²) < 4.78 is 1.87. The van der Waals surface area contributed by atoms with Crippen molar-refractivity contribution in [3.63, 3.8) is 0 Å². The van der Waals surface area contributed by atoms with Crippen molar-refractivity contribution in [1.29, 1.82) is 0 Å². The van der Waals surface area contributed by atoms with Crippen LogP contribution in [-0.4, -0.2) is 44.6 Å². The molecule has 1 saturated heterocycles. The summed E-state index contributed by atoms with van der Waals surface area (Å²) in [7, 11) is 0. The Morgan fingerprint density at radius 3 is 2.83 bits per heavy atom. The van der Waals surface area contributed by atoms with Gasteiger partial charge >= 0.3 is 0 Å². The van der Waals surface area contributed by atoms with E-state index in [1.807, 2.05) is 46.2 Å². The van der Waals surface area contributed by atoms with Crippen LogP contribution in [-0.2, 0) is 6.54 Å². The Bertz CT molecular complexity index is 1060. The van der Waals surface area contributed by atoms with E-state index in [0.29, 0.717) is 18.0 Å². The predicted molar refractivity (Wildman–Crippen MR) is 111 cm³/mol. The third kappa shape index (κ3) is 3.18. The zero-order chi connectivity index (χ0) is 20.0. The van der Waals surface area contributed by atoms with Crippen LogP contribution in [0.1, 0.15) is 48.9 Å². The zero-order valence-electron chi connectivity index (χ0n) is 16.0. The Morgan fingerprint density at radius 2 is 2.07 bits per heavy atom. The lowest BCUT2D eigenvalue weighted by molar-refractivity contribution is 0.0706. The fourth-order valence-electron chi connectivity index (χ4n) is 4.46. The van der Waals surface area contributed by atoms with Crippen LogP contribution in [0, 0.1) is 12.3 Å². The molecule has 29 heavy (non-hydrogen) atoms. The molecule has 0 radical (unpaired) electrons. The molecule has 0 bridgehead atoms. The molecular formula is C20H21N5O2S2. The van der Waals surface area contributed by atoms with Crippen molar-refractivity contribution in [2.75, 3.05) is 13.1 Å². The molecular weight excluding hydrogens is 406 g/mol. The van der Waals surface area contributed by atoms with Gasteiger partial charge in [-0.25, -0.2) is 9.67 Å². The summed E-state index contributed by atoms with van der Waals surface area (Å²) in [6.45, 7) is 4.07. The summed E-state index contributed by atoms with van der Waals surface area (Å²) in [6.07, 6.45) is 3.24. The fourth-order valence-corrected chi connectivity index (χ4v) is 5.92. The summed E-state index contributed by atoms with van der Waals surface area (Å²) >= 11 is 2.95. The van der Waals surface area contributed by atoms with Crippen molar-refractivity contribution in [2.45, 2.75) is 32.4 Å². The number of rotatable bonds is 3. The number of carbonyl (C=O) groups is 2. The molecule has 2 amide bonds. The Labute approximate surface area is 176 Å². The molecule has 1 spiro atoms. The normalized spacial score (nSPS) is 23.3. The number of thiophene rings is 2. The van der Waals surface area contributed by atoms with E-state index in [4.69, 9.17) is 0 Å². The van der Waals surface area contributed by atoms with Crippen LogP contribution in [0.25, 0.3) is 0 Å². The highest BCUT2D eigenvalue weighted by Gasteiger charge is 2.51. The van der Waals surface area contributed by atoms with E-state index in [2.05, 4.69) is 15.4 Å². The molecule has 150 valence electrons. The molecule has 2 atom stereocenters. The average molecular weight is 428 g/mol. The monoisotopic (exact) mass is 427 g/mol. The van der Waals surface area contributed by atoms with E-state index in [0.717, 1.165) is 35.0 Å². The summed E-state index contributed by atoms with van der Waals surface area (Å²) in [5.41, 5.74) is -0.224. The molecule has 5 heterocycles. The number of amides is 2. The van der Waals surface area contributed by atoms with Gasteiger partial charge in [0.1, 0.15) is 12.2 Å². The number of nitrogens with zero attached hydrogens (tertiary/aromatic N) is 4. The third-order valence-electron chi connectivity index (χ3n) is 5.98. The van der Waals surface area contributed by atoms with Crippen LogP contribution in [0.5, 0.6) is 0 Å². The van der Waals surface area contributed by atoms with E-state index in [1.54, 1.807) is 6.33 Å². The number of nitrogens with one attached hydrogen (secondary N) is 1. The van der Waals surface area contributed by atoms with Gasteiger partial charge in [0.25, 0.3) is 11.8 Å². The molecule has 9 heteroatoms. The van der Waals surface area contributed by atoms with Crippen LogP contribution in [0.3, 0.4) is 0 Å². The third-order valence-corrected chi connectivity index (χ3v) is 7.84. The second-order valence-electron chi connectivity index (χ2n) is 7.72. The zero-order valence-corrected chi connectivity index (χ0v) is 17.6. The number of likely N-dealkylation sites (tertiary alicyclic amines) is 1. The molecule has 2 aliphatic rings. The van der Waals surface area contributed by atoms with Gasteiger partial charge in [0.2, 0.25) is 0 Å². The van der Waals surface area contributed by atoms with E-state index in [9.17, 15) is 9.59 Å². The lowest BCUT2D eigenvalue weighted by Gasteiger charge is -2.40. The second-order valence-corrected chi connectivity index (χ2v) is 9.96. The van der Waals surface area contributed by atoms with Crippen LogP contribution in [0.2, 0.25) is 0 Å². The number of hydrogen-bond donors (Lipinski definition) is 1. The predicted octanol–water partition coefficient (Wildman–Crippen LogP) is 3.12. The first kappa shape index (κ1) is 18.5. The van der Waals surface area contributed by atoms with Gasteiger partial charge in [0.15, 0.2) is 0 Å². The maximum absolute atomic E-state index is 13.0. The topological polar surface area (TPSA) is 80.1 Å². The van der Waals surface area contributed by atoms with Gasteiger partial charge in [-0.1, -0.05) is 6.07 Å². The van der Waals surface area contributed by atoms with Gasteiger partial charge in [-0.2, -0.15) is 5.10 Å². The number of aryl methyl sites for hydroxylation is 2. The molecule has 5 rings (SSSR count). The number of fused-ring (bicyclic) bond motifs is 1. The Kier molecular flexibility index (Phi) is 4.51. The molecule has 3 aromatic rings. The van der Waals surface area contributed by atoms with Crippen LogP contribution in [0.4, 0.5) is 0 Å². The molecule has 7 nitrogen and oxygen atoms in total. The van der Waals surface area contributed by atoms with Crippen molar-refractivity contribution in [2.24, 2.45) is 5.41 Å². The van der Waals surface area contributed by atoms with Gasteiger partial charge in [0, 0.05) is 29.9 Å². The largest absolute Gasteiger partial charge is 0.341 e. The molecule has 1 N–H and O–H groups in total. The Morgan fingerprint density at radius 1 is 1.21 bits per heavy atom. The van der Waals surface area contributed by atoms with Crippen molar-refractivity contribution >= 4 is 34.5 Å². The molecule has 0 saturated carbocycles. The first-order chi connectivity index (χ1) is 14.1. The maximum Gasteiger partial charge on any atom is 0.263 e.